The number of halogens is 2. The maximum Gasteiger partial charge on any atom is 0.191 e. The molecule has 0 aromatic heterocycles. The quantitative estimate of drug-likeness (QED) is 0.336. The van der Waals surface area contributed by atoms with E-state index in [0.717, 1.165) is 25.5 Å². The Morgan fingerprint density at radius 2 is 1.81 bits per heavy atom. The molecule has 0 saturated carbocycles. The monoisotopic (exact) mass is 371 g/mol. The van der Waals surface area contributed by atoms with E-state index < -0.39 is 11.6 Å². The third-order valence-electron chi connectivity index (χ3n) is 3.66. The molecule has 7 heteroatoms. The fraction of sp³-hybridized carbons (Fsp3) is 0.632. The van der Waals surface area contributed by atoms with Crippen LogP contribution in [0.1, 0.15) is 45.2 Å². The Morgan fingerprint density at radius 3 is 2.46 bits per heavy atom. The van der Waals surface area contributed by atoms with Crippen molar-refractivity contribution < 1.29 is 18.3 Å². The smallest absolute Gasteiger partial charge is 0.191 e. The van der Waals surface area contributed by atoms with Crippen LogP contribution in [0.3, 0.4) is 0 Å². The van der Waals surface area contributed by atoms with Crippen molar-refractivity contribution in [3.8, 4) is 0 Å². The van der Waals surface area contributed by atoms with Gasteiger partial charge in [0.25, 0.3) is 0 Å². The lowest BCUT2D eigenvalue weighted by Crippen LogP contribution is -2.39. The molecule has 0 aliphatic rings. The Balaban J connectivity index is 2.37. The number of unbranched alkanes of at least 4 members (excludes halogenated alkanes) is 1. The van der Waals surface area contributed by atoms with Gasteiger partial charge in [-0.2, -0.15) is 0 Å². The third kappa shape index (κ3) is 9.10. The highest BCUT2D eigenvalue weighted by Crippen LogP contribution is 2.15. The molecule has 0 saturated heterocycles. The molecule has 0 heterocycles. The largest absolute Gasteiger partial charge is 0.379 e. The second-order valence-electron chi connectivity index (χ2n) is 5.88. The van der Waals surface area contributed by atoms with Gasteiger partial charge in [0.15, 0.2) is 17.6 Å². The van der Waals surface area contributed by atoms with Crippen LogP contribution in [0.4, 0.5) is 8.78 Å². The van der Waals surface area contributed by atoms with Crippen molar-refractivity contribution in [2.75, 3.05) is 39.5 Å². The minimum absolute atomic E-state index is 0.212. The van der Waals surface area contributed by atoms with E-state index in [1.54, 1.807) is 6.07 Å². The van der Waals surface area contributed by atoms with Crippen LogP contribution in [0.25, 0.3) is 0 Å². The fourth-order valence-corrected chi connectivity index (χ4v) is 2.18. The van der Waals surface area contributed by atoms with Crippen LogP contribution in [0.2, 0.25) is 0 Å². The number of ether oxygens (including phenoxy) is 2. The van der Waals surface area contributed by atoms with Gasteiger partial charge in [-0.05, 0) is 38.0 Å². The van der Waals surface area contributed by atoms with Gasteiger partial charge in [-0.1, -0.05) is 19.4 Å². The van der Waals surface area contributed by atoms with Crippen molar-refractivity contribution in [1.29, 1.82) is 0 Å². The van der Waals surface area contributed by atoms with Crippen LogP contribution in [0, 0.1) is 11.6 Å². The molecule has 2 N–H and O–H groups in total. The highest BCUT2D eigenvalue weighted by Gasteiger charge is 2.10. The molecule has 0 amide bonds. The number of guanidine groups is 1. The first-order chi connectivity index (χ1) is 12.6. The molecule has 1 unspecified atom stereocenters. The summed E-state index contributed by atoms with van der Waals surface area (Å²) in [6, 6.07) is 3.67. The molecule has 26 heavy (non-hydrogen) atoms. The molecular formula is C19H31F2N3O2. The zero-order valence-corrected chi connectivity index (χ0v) is 16.0. The summed E-state index contributed by atoms with van der Waals surface area (Å²) in [5.41, 5.74) is 0.648. The van der Waals surface area contributed by atoms with Crippen molar-refractivity contribution in [3.05, 3.63) is 35.4 Å². The molecule has 0 radical (unpaired) electrons. The zero-order valence-electron chi connectivity index (χ0n) is 16.0. The van der Waals surface area contributed by atoms with Gasteiger partial charge in [-0.15, -0.1) is 0 Å². The summed E-state index contributed by atoms with van der Waals surface area (Å²) >= 11 is 0. The van der Waals surface area contributed by atoms with E-state index in [1.807, 2.05) is 13.8 Å². The Labute approximate surface area is 155 Å². The minimum atomic E-state index is -0.854. The van der Waals surface area contributed by atoms with E-state index in [1.165, 1.54) is 6.07 Å². The van der Waals surface area contributed by atoms with E-state index in [2.05, 4.69) is 22.5 Å². The first kappa shape index (κ1) is 22.3. The van der Waals surface area contributed by atoms with Crippen molar-refractivity contribution in [1.82, 2.24) is 10.6 Å². The van der Waals surface area contributed by atoms with Crippen molar-refractivity contribution in [2.24, 2.45) is 4.99 Å². The van der Waals surface area contributed by atoms with Gasteiger partial charge in [-0.3, -0.25) is 4.99 Å². The molecular weight excluding hydrogens is 340 g/mol. The van der Waals surface area contributed by atoms with Gasteiger partial charge in [0, 0.05) is 13.2 Å². The van der Waals surface area contributed by atoms with Gasteiger partial charge in [-0.25, -0.2) is 8.78 Å². The molecule has 1 atom stereocenters. The van der Waals surface area contributed by atoms with Crippen molar-refractivity contribution in [2.45, 2.75) is 39.7 Å². The minimum Gasteiger partial charge on any atom is -0.379 e. The van der Waals surface area contributed by atoms with Gasteiger partial charge in [0.1, 0.15) is 0 Å². The summed E-state index contributed by atoms with van der Waals surface area (Å²) in [7, 11) is 0. The molecule has 0 aliphatic carbocycles. The van der Waals surface area contributed by atoms with E-state index in [4.69, 9.17) is 9.47 Å². The van der Waals surface area contributed by atoms with Crippen LogP contribution in [-0.2, 0) is 9.47 Å². The fourth-order valence-electron chi connectivity index (χ4n) is 2.18. The normalized spacial score (nSPS) is 12.9. The van der Waals surface area contributed by atoms with Crippen LogP contribution >= 0.6 is 0 Å². The summed E-state index contributed by atoms with van der Waals surface area (Å²) < 4.78 is 37.3. The Bertz CT molecular complexity index is 542. The highest BCUT2D eigenvalue weighted by molar-refractivity contribution is 5.80. The van der Waals surface area contributed by atoms with E-state index in [-0.39, 0.29) is 6.04 Å². The van der Waals surface area contributed by atoms with E-state index >= 15 is 0 Å². The molecule has 148 valence electrons. The zero-order chi connectivity index (χ0) is 19.2. The molecule has 0 aliphatic heterocycles. The van der Waals surface area contributed by atoms with Gasteiger partial charge in [0.2, 0.25) is 0 Å². The summed E-state index contributed by atoms with van der Waals surface area (Å²) in [6.45, 7) is 9.55. The molecule has 0 bridgehead atoms. The highest BCUT2D eigenvalue weighted by atomic mass is 19.2. The molecule has 1 aromatic carbocycles. The second kappa shape index (κ2) is 13.5. The lowest BCUT2D eigenvalue weighted by atomic mass is 10.1. The first-order valence-corrected chi connectivity index (χ1v) is 9.23. The van der Waals surface area contributed by atoms with Crippen molar-refractivity contribution >= 4 is 5.96 Å². The first-order valence-electron chi connectivity index (χ1n) is 9.23. The Kier molecular flexibility index (Phi) is 11.6. The molecule has 0 spiro atoms. The lowest BCUT2D eigenvalue weighted by molar-refractivity contribution is 0.0497. The number of benzene rings is 1. The Hall–Kier alpha value is -1.73. The number of hydrogen-bond acceptors (Lipinski definition) is 3. The van der Waals surface area contributed by atoms with Crippen LogP contribution < -0.4 is 10.6 Å². The molecule has 1 rings (SSSR count). The molecule has 1 aromatic rings. The predicted octanol–water partition coefficient (Wildman–Crippen LogP) is 3.41. The maximum atomic E-state index is 13.4. The predicted molar refractivity (Wildman–Crippen MR) is 100 cm³/mol. The SMILES string of the molecule is CCCCOCCOCCN=C(NCC)NC(C)c1ccc(F)c(F)c1. The maximum absolute atomic E-state index is 13.4. The van der Waals surface area contributed by atoms with Gasteiger partial charge in [0.05, 0.1) is 32.4 Å². The van der Waals surface area contributed by atoms with E-state index in [0.29, 0.717) is 44.4 Å². The number of rotatable bonds is 12. The molecule has 0 fully saturated rings. The van der Waals surface area contributed by atoms with Gasteiger partial charge < -0.3 is 20.1 Å². The second-order valence-corrected chi connectivity index (χ2v) is 5.88. The number of aliphatic imine (C=N–C) groups is 1. The van der Waals surface area contributed by atoms with Crippen LogP contribution in [0.15, 0.2) is 23.2 Å². The number of nitrogens with one attached hydrogen (secondary N) is 2. The average molecular weight is 371 g/mol. The summed E-state index contributed by atoms with van der Waals surface area (Å²) in [5, 5.41) is 6.30. The Morgan fingerprint density at radius 1 is 1.08 bits per heavy atom. The topological polar surface area (TPSA) is 54.9 Å². The summed E-state index contributed by atoms with van der Waals surface area (Å²) in [5.74, 6) is -1.10. The average Bonchev–Trinajstić information content (AvgIpc) is 2.62. The number of hydrogen-bond donors (Lipinski definition) is 2. The molecule has 5 nitrogen and oxygen atoms in total. The third-order valence-corrected chi connectivity index (χ3v) is 3.66. The summed E-state index contributed by atoms with van der Waals surface area (Å²) in [4.78, 5) is 4.43. The number of nitrogens with zero attached hydrogens (tertiary/aromatic N) is 1. The summed E-state index contributed by atoms with van der Waals surface area (Å²) in [6.07, 6.45) is 2.19. The van der Waals surface area contributed by atoms with Gasteiger partial charge >= 0.3 is 0 Å². The van der Waals surface area contributed by atoms with E-state index in [9.17, 15) is 8.78 Å². The lowest BCUT2D eigenvalue weighted by Gasteiger charge is -2.18. The standard InChI is InChI=1S/C19H31F2N3O2/c1-4-6-10-25-12-13-26-11-9-23-19(22-5-2)24-15(3)16-7-8-17(20)18(21)14-16/h7-8,14-15H,4-6,9-13H2,1-3H3,(H2,22,23,24). The van der Waals surface area contributed by atoms with Crippen molar-refractivity contribution in [3.63, 3.8) is 0 Å². The van der Waals surface area contributed by atoms with Crippen LogP contribution in [0.5, 0.6) is 0 Å². The van der Waals surface area contributed by atoms with Crippen LogP contribution in [-0.4, -0.2) is 45.5 Å².